The van der Waals surface area contributed by atoms with Crippen molar-refractivity contribution >= 4 is 38.3 Å². The van der Waals surface area contributed by atoms with Crippen LogP contribution in [0.4, 0.5) is 0 Å². The van der Waals surface area contributed by atoms with Crippen LogP contribution in [-0.2, 0) is 6.42 Å². The summed E-state index contributed by atoms with van der Waals surface area (Å²) in [7, 11) is 0. The molecule has 27 heavy (non-hydrogen) atoms. The number of fused-ring (bicyclic) bond motifs is 3. The fraction of sp³-hybridized carbons (Fsp3) is 0.200. The topological polar surface area (TPSA) is 59.7 Å². The van der Waals surface area contributed by atoms with Gasteiger partial charge in [0.2, 0.25) is 4.96 Å². The molecule has 0 saturated heterocycles. The highest BCUT2D eigenvalue weighted by atomic mass is 32.2. The molecule has 1 N–H and O–H groups in total. The van der Waals surface area contributed by atoms with Crippen LogP contribution in [0.15, 0.2) is 66.3 Å². The zero-order valence-corrected chi connectivity index (χ0v) is 16.2. The predicted molar refractivity (Wildman–Crippen MR) is 111 cm³/mol. The van der Waals surface area contributed by atoms with E-state index in [9.17, 15) is 5.11 Å². The van der Waals surface area contributed by atoms with Crippen molar-refractivity contribution in [2.24, 2.45) is 0 Å². The summed E-state index contributed by atoms with van der Waals surface area (Å²) < 4.78 is 9.02. The number of para-hydroxylation sites is 2. The minimum atomic E-state index is -0.607. The maximum Gasteiger partial charge on any atom is 0.217 e. The molecule has 1 atom stereocenters. The van der Waals surface area contributed by atoms with E-state index in [2.05, 4.69) is 28.9 Å². The molecule has 0 radical (unpaired) electrons. The van der Waals surface area contributed by atoms with Crippen molar-refractivity contribution in [1.29, 1.82) is 0 Å². The first-order chi connectivity index (χ1) is 13.3. The minimum absolute atomic E-state index is 0.230. The van der Waals surface area contributed by atoms with Crippen LogP contribution in [0.1, 0.15) is 5.56 Å². The number of ether oxygens (including phenoxy) is 1. The van der Waals surface area contributed by atoms with Gasteiger partial charge in [0.25, 0.3) is 0 Å². The van der Waals surface area contributed by atoms with Crippen LogP contribution in [0.25, 0.3) is 15.2 Å². The highest BCUT2D eigenvalue weighted by molar-refractivity contribution is 7.99. The van der Waals surface area contributed by atoms with Crippen LogP contribution < -0.4 is 4.74 Å². The number of aliphatic hydroxyl groups is 1. The molecule has 0 bridgehead atoms. The number of benzene rings is 2. The molecule has 7 heteroatoms. The number of thioether (sulfide) groups is 1. The van der Waals surface area contributed by atoms with Crippen LogP contribution in [0, 0.1) is 0 Å². The molecule has 2 aromatic heterocycles. The fourth-order valence-corrected chi connectivity index (χ4v) is 4.70. The molecular formula is C20H19N3O2S2. The van der Waals surface area contributed by atoms with E-state index in [4.69, 9.17) is 4.74 Å². The molecule has 0 saturated carbocycles. The van der Waals surface area contributed by atoms with E-state index in [1.165, 1.54) is 16.5 Å². The first kappa shape index (κ1) is 18.0. The summed E-state index contributed by atoms with van der Waals surface area (Å²) in [6, 6.07) is 16.0. The number of nitrogens with zero attached hydrogens (tertiary/aromatic N) is 3. The van der Waals surface area contributed by atoms with Gasteiger partial charge in [-0.05, 0) is 30.2 Å². The normalized spacial score (nSPS) is 12.5. The Morgan fingerprint density at radius 2 is 2.00 bits per heavy atom. The van der Waals surface area contributed by atoms with Gasteiger partial charge in [-0.2, -0.15) is 0 Å². The van der Waals surface area contributed by atoms with Gasteiger partial charge in [-0.3, -0.25) is 4.40 Å². The lowest BCUT2D eigenvalue weighted by Crippen LogP contribution is -2.20. The van der Waals surface area contributed by atoms with E-state index in [1.54, 1.807) is 11.3 Å². The van der Waals surface area contributed by atoms with Crippen molar-refractivity contribution < 1.29 is 9.84 Å². The summed E-state index contributed by atoms with van der Waals surface area (Å²) in [6.45, 7) is 4.00. The largest absolute Gasteiger partial charge is 0.491 e. The van der Waals surface area contributed by atoms with Crippen molar-refractivity contribution in [2.75, 3.05) is 12.4 Å². The molecule has 138 valence electrons. The number of thiazole rings is 1. The zero-order valence-electron chi connectivity index (χ0n) is 14.6. The average Bonchev–Trinajstić information content (AvgIpc) is 3.25. The molecule has 0 aliphatic carbocycles. The van der Waals surface area contributed by atoms with E-state index >= 15 is 0 Å². The molecule has 2 heterocycles. The van der Waals surface area contributed by atoms with Gasteiger partial charge in [-0.25, -0.2) is 0 Å². The third-order valence-corrected chi connectivity index (χ3v) is 6.17. The van der Waals surface area contributed by atoms with Gasteiger partial charge in [0.15, 0.2) is 5.16 Å². The van der Waals surface area contributed by atoms with Crippen LogP contribution in [0.5, 0.6) is 5.75 Å². The number of hydrogen-bond acceptors (Lipinski definition) is 6. The predicted octanol–water partition coefficient (Wildman–Crippen LogP) is 4.20. The first-order valence-corrected chi connectivity index (χ1v) is 10.4. The Labute approximate surface area is 165 Å². The summed E-state index contributed by atoms with van der Waals surface area (Å²) in [4.78, 5) is 0.864. The molecule has 4 aromatic rings. The monoisotopic (exact) mass is 397 g/mol. The molecular weight excluding hydrogens is 378 g/mol. The van der Waals surface area contributed by atoms with Gasteiger partial charge >= 0.3 is 0 Å². The SMILES string of the molecule is C=CCc1ccccc1OCC(O)CSc1nnc2sc3ccccc3n12. The molecule has 0 spiro atoms. The quantitative estimate of drug-likeness (QED) is 0.357. The summed E-state index contributed by atoms with van der Waals surface area (Å²) in [6.07, 6.45) is 1.98. The third-order valence-electron chi connectivity index (χ3n) is 4.08. The second-order valence-electron chi connectivity index (χ2n) is 6.05. The Kier molecular flexibility index (Phi) is 5.42. The Hall–Kier alpha value is -2.35. The third kappa shape index (κ3) is 3.85. The lowest BCUT2D eigenvalue weighted by Gasteiger charge is -2.14. The van der Waals surface area contributed by atoms with Crippen molar-refractivity contribution in [2.45, 2.75) is 17.7 Å². The number of hydrogen-bond donors (Lipinski definition) is 1. The van der Waals surface area contributed by atoms with Crippen LogP contribution in [0.2, 0.25) is 0 Å². The van der Waals surface area contributed by atoms with E-state index in [1.807, 2.05) is 46.9 Å². The summed E-state index contributed by atoms with van der Waals surface area (Å²) in [5, 5.41) is 19.6. The average molecular weight is 398 g/mol. The maximum absolute atomic E-state index is 10.3. The molecule has 0 aliphatic rings. The van der Waals surface area contributed by atoms with Crippen molar-refractivity contribution in [1.82, 2.24) is 14.6 Å². The highest BCUT2D eigenvalue weighted by Crippen LogP contribution is 2.29. The second-order valence-corrected chi connectivity index (χ2v) is 8.04. The van der Waals surface area contributed by atoms with E-state index in [0.717, 1.165) is 33.4 Å². The second kappa shape index (κ2) is 8.12. The van der Waals surface area contributed by atoms with Crippen molar-refractivity contribution in [3.63, 3.8) is 0 Å². The van der Waals surface area contributed by atoms with Gasteiger partial charge in [-0.1, -0.05) is 59.5 Å². The van der Waals surface area contributed by atoms with Gasteiger partial charge < -0.3 is 9.84 Å². The summed E-state index contributed by atoms with van der Waals surface area (Å²) in [5.41, 5.74) is 2.16. The maximum atomic E-state index is 10.3. The van der Waals surface area contributed by atoms with Gasteiger partial charge in [0.05, 0.1) is 16.3 Å². The Bertz CT molecular complexity index is 1070. The Morgan fingerprint density at radius 1 is 1.19 bits per heavy atom. The van der Waals surface area contributed by atoms with Crippen molar-refractivity contribution in [3.8, 4) is 5.75 Å². The number of allylic oxidation sites excluding steroid dienone is 1. The zero-order chi connectivity index (χ0) is 18.6. The lowest BCUT2D eigenvalue weighted by atomic mass is 10.1. The van der Waals surface area contributed by atoms with E-state index in [0.29, 0.717) is 5.75 Å². The summed E-state index contributed by atoms with van der Waals surface area (Å²) >= 11 is 3.09. The van der Waals surface area contributed by atoms with E-state index < -0.39 is 6.10 Å². The van der Waals surface area contributed by atoms with Crippen LogP contribution in [0.3, 0.4) is 0 Å². The lowest BCUT2D eigenvalue weighted by molar-refractivity contribution is 0.126. The minimum Gasteiger partial charge on any atom is -0.491 e. The molecule has 0 aliphatic heterocycles. The fourth-order valence-electron chi connectivity index (χ4n) is 2.82. The van der Waals surface area contributed by atoms with Gasteiger partial charge in [0, 0.05) is 5.75 Å². The smallest absolute Gasteiger partial charge is 0.217 e. The Balaban J connectivity index is 1.40. The van der Waals surface area contributed by atoms with Gasteiger partial charge in [-0.15, -0.1) is 16.8 Å². The van der Waals surface area contributed by atoms with E-state index in [-0.39, 0.29) is 6.61 Å². The molecule has 2 aromatic carbocycles. The standard InChI is InChI=1S/C20H19N3O2S2/c1-2-7-14-8-3-5-10-17(14)25-12-15(24)13-26-19-21-22-20-23(19)16-9-4-6-11-18(16)27-20/h2-6,8-11,15,24H,1,7,12-13H2. The van der Waals surface area contributed by atoms with Crippen molar-refractivity contribution in [3.05, 3.63) is 66.7 Å². The number of rotatable bonds is 8. The Morgan fingerprint density at radius 3 is 2.89 bits per heavy atom. The molecule has 0 fully saturated rings. The number of aromatic nitrogens is 3. The highest BCUT2D eigenvalue weighted by Gasteiger charge is 2.15. The molecule has 1 unspecified atom stereocenters. The molecule has 5 nitrogen and oxygen atoms in total. The van der Waals surface area contributed by atoms with Gasteiger partial charge in [0.1, 0.15) is 12.4 Å². The summed E-state index contributed by atoms with van der Waals surface area (Å²) in [5.74, 6) is 1.27. The van der Waals surface area contributed by atoms with Crippen LogP contribution >= 0.6 is 23.1 Å². The molecule has 0 amide bonds. The first-order valence-electron chi connectivity index (χ1n) is 8.61. The number of aliphatic hydroxyl groups excluding tert-OH is 1. The van der Waals surface area contributed by atoms with Crippen LogP contribution in [-0.4, -0.2) is 38.2 Å². The molecule has 4 rings (SSSR count).